The van der Waals surface area contributed by atoms with E-state index in [1.807, 2.05) is 49.5 Å². The summed E-state index contributed by atoms with van der Waals surface area (Å²) < 4.78 is 0. The molecule has 0 radical (unpaired) electrons. The Balaban J connectivity index is 1.98. The second-order valence-corrected chi connectivity index (χ2v) is 6.04. The Morgan fingerprint density at radius 3 is 2.38 bits per heavy atom. The van der Waals surface area contributed by atoms with E-state index >= 15 is 0 Å². The Labute approximate surface area is 144 Å². The molecule has 0 bridgehead atoms. The number of aryl methyl sites for hydroxylation is 1. The number of benzene rings is 1. The maximum Gasteiger partial charge on any atom is 0.229 e. The van der Waals surface area contributed by atoms with Crippen LogP contribution in [0.3, 0.4) is 0 Å². The first-order chi connectivity index (χ1) is 11.6. The van der Waals surface area contributed by atoms with Gasteiger partial charge in [0.2, 0.25) is 5.91 Å². The molecule has 1 N–H and O–H groups in total. The van der Waals surface area contributed by atoms with E-state index in [1.54, 1.807) is 0 Å². The highest BCUT2D eigenvalue weighted by Crippen LogP contribution is 2.16. The highest BCUT2D eigenvalue weighted by atomic mass is 16.1. The van der Waals surface area contributed by atoms with Gasteiger partial charge in [0.1, 0.15) is 5.82 Å². The Morgan fingerprint density at radius 1 is 1.08 bits per heavy atom. The fourth-order valence-electron chi connectivity index (χ4n) is 2.73. The number of carbonyl (C=O) groups excluding carboxylic acids is 1. The lowest BCUT2D eigenvalue weighted by molar-refractivity contribution is -0.115. The van der Waals surface area contributed by atoms with Gasteiger partial charge in [-0.05, 0) is 43.0 Å². The molecule has 0 aliphatic rings. The average Bonchev–Trinajstić information content (AvgIpc) is 2.57. The predicted molar refractivity (Wildman–Crippen MR) is 101 cm³/mol. The van der Waals surface area contributed by atoms with E-state index < -0.39 is 0 Å². The molecular formula is C20H27N3O. The van der Waals surface area contributed by atoms with Crippen molar-refractivity contribution in [3.8, 4) is 0 Å². The van der Waals surface area contributed by atoms with Crippen LogP contribution in [-0.2, 0) is 11.2 Å². The highest BCUT2D eigenvalue weighted by molar-refractivity contribution is 5.91. The maximum absolute atomic E-state index is 12.2. The zero-order valence-electron chi connectivity index (χ0n) is 14.9. The van der Waals surface area contributed by atoms with E-state index in [2.05, 4.69) is 29.0 Å². The van der Waals surface area contributed by atoms with Gasteiger partial charge in [-0.25, -0.2) is 4.98 Å². The van der Waals surface area contributed by atoms with E-state index in [0.717, 1.165) is 42.7 Å². The van der Waals surface area contributed by atoms with Crippen molar-refractivity contribution in [2.75, 3.05) is 23.3 Å². The van der Waals surface area contributed by atoms with Crippen LogP contribution in [0.5, 0.6) is 0 Å². The molecule has 2 aromatic rings. The van der Waals surface area contributed by atoms with Crippen LogP contribution in [0.2, 0.25) is 0 Å². The Bertz CT molecular complexity index is 646. The van der Waals surface area contributed by atoms with Crippen molar-refractivity contribution in [3.63, 3.8) is 0 Å². The first kappa shape index (κ1) is 18.0. The largest absolute Gasteiger partial charge is 0.370 e. The fraction of sp³-hybridized carbons (Fsp3) is 0.400. The van der Waals surface area contributed by atoms with Crippen LogP contribution in [0, 0.1) is 6.92 Å². The number of hydrogen-bond donors (Lipinski definition) is 1. The third kappa shape index (κ3) is 5.08. The summed E-state index contributed by atoms with van der Waals surface area (Å²) in [6, 6.07) is 11.9. The number of rotatable bonds is 8. The van der Waals surface area contributed by atoms with Gasteiger partial charge in [-0.1, -0.05) is 38.1 Å². The van der Waals surface area contributed by atoms with Crippen LogP contribution in [0.1, 0.15) is 37.8 Å². The van der Waals surface area contributed by atoms with Crippen LogP contribution < -0.4 is 10.2 Å². The molecule has 0 spiro atoms. The first-order valence-electron chi connectivity index (χ1n) is 8.69. The monoisotopic (exact) mass is 325 g/mol. The summed E-state index contributed by atoms with van der Waals surface area (Å²) in [6.07, 6.45) is 4.42. The molecule has 1 amide bonds. The van der Waals surface area contributed by atoms with Crippen LogP contribution in [0.25, 0.3) is 0 Å². The number of nitrogens with zero attached hydrogens (tertiary/aromatic N) is 2. The summed E-state index contributed by atoms with van der Waals surface area (Å²) in [4.78, 5) is 18.9. The second kappa shape index (κ2) is 9.06. The molecule has 0 saturated carbocycles. The summed E-state index contributed by atoms with van der Waals surface area (Å²) in [5.41, 5.74) is 3.28. The molecule has 4 nitrogen and oxygen atoms in total. The fourth-order valence-corrected chi connectivity index (χ4v) is 2.73. The highest BCUT2D eigenvalue weighted by Gasteiger charge is 2.08. The molecule has 24 heavy (non-hydrogen) atoms. The van der Waals surface area contributed by atoms with Crippen molar-refractivity contribution in [3.05, 3.63) is 53.7 Å². The van der Waals surface area contributed by atoms with E-state index in [4.69, 9.17) is 0 Å². The van der Waals surface area contributed by atoms with E-state index in [-0.39, 0.29) is 5.91 Å². The Morgan fingerprint density at radius 2 is 1.79 bits per heavy atom. The quantitative estimate of drug-likeness (QED) is 0.791. The lowest BCUT2D eigenvalue weighted by Crippen LogP contribution is -2.25. The van der Waals surface area contributed by atoms with E-state index in [0.29, 0.717) is 12.2 Å². The molecule has 0 atom stereocenters. The number of anilines is 2. The summed E-state index contributed by atoms with van der Waals surface area (Å²) in [6.45, 7) is 8.42. The summed E-state index contributed by atoms with van der Waals surface area (Å²) >= 11 is 0. The van der Waals surface area contributed by atoms with Gasteiger partial charge in [-0.2, -0.15) is 0 Å². The molecule has 0 fully saturated rings. The molecule has 2 rings (SSSR count). The van der Waals surface area contributed by atoms with E-state index in [1.165, 1.54) is 0 Å². The van der Waals surface area contributed by atoms with Gasteiger partial charge in [0.25, 0.3) is 0 Å². The van der Waals surface area contributed by atoms with Crippen molar-refractivity contribution in [2.24, 2.45) is 0 Å². The van der Waals surface area contributed by atoms with Gasteiger partial charge < -0.3 is 10.2 Å². The van der Waals surface area contributed by atoms with Crippen LogP contribution in [-0.4, -0.2) is 24.0 Å². The lowest BCUT2D eigenvalue weighted by Gasteiger charge is -2.23. The molecule has 1 aromatic heterocycles. The molecule has 0 aliphatic heterocycles. The van der Waals surface area contributed by atoms with Gasteiger partial charge in [-0.3, -0.25) is 4.79 Å². The molecule has 0 saturated heterocycles. The number of nitrogens with one attached hydrogen (secondary N) is 1. The molecule has 0 unspecified atom stereocenters. The normalized spacial score (nSPS) is 10.5. The van der Waals surface area contributed by atoms with Crippen molar-refractivity contribution in [1.29, 1.82) is 0 Å². The number of pyridine rings is 1. The SMILES string of the molecule is CCCN(CCC)c1ccc(NC(=O)Cc2ccccc2C)nc1. The van der Waals surface area contributed by atoms with Gasteiger partial charge in [0, 0.05) is 13.1 Å². The van der Waals surface area contributed by atoms with Gasteiger partial charge in [0.15, 0.2) is 0 Å². The minimum Gasteiger partial charge on any atom is -0.370 e. The zero-order chi connectivity index (χ0) is 17.4. The molecule has 1 heterocycles. The van der Waals surface area contributed by atoms with Gasteiger partial charge in [0.05, 0.1) is 18.3 Å². The average molecular weight is 325 g/mol. The van der Waals surface area contributed by atoms with Crippen LogP contribution in [0.15, 0.2) is 42.6 Å². The Hall–Kier alpha value is -2.36. The molecule has 4 heteroatoms. The number of aromatic nitrogens is 1. The molecule has 1 aromatic carbocycles. The summed E-state index contributed by atoms with van der Waals surface area (Å²) in [5.74, 6) is 0.564. The predicted octanol–water partition coefficient (Wildman–Crippen LogP) is 4.20. The van der Waals surface area contributed by atoms with Gasteiger partial charge >= 0.3 is 0 Å². The molecular weight excluding hydrogens is 298 g/mol. The molecule has 128 valence electrons. The third-order valence-corrected chi connectivity index (χ3v) is 3.98. The smallest absolute Gasteiger partial charge is 0.229 e. The topological polar surface area (TPSA) is 45.2 Å². The van der Waals surface area contributed by atoms with Crippen molar-refractivity contribution >= 4 is 17.4 Å². The first-order valence-corrected chi connectivity index (χ1v) is 8.69. The van der Waals surface area contributed by atoms with Crippen molar-refractivity contribution in [1.82, 2.24) is 4.98 Å². The number of hydrogen-bond acceptors (Lipinski definition) is 3. The van der Waals surface area contributed by atoms with E-state index in [9.17, 15) is 4.79 Å². The lowest BCUT2D eigenvalue weighted by atomic mass is 10.1. The zero-order valence-corrected chi connectivity index (χ0v) is 14.9. The second-order valence-electron chi connectivity index (χ2n) is 6.04. The molecule has 0 aliphatic carbocycles. The standard InChI is InChI=1S/C20H27N3O/c1-4-12-23(13-5-2)18-10-11-19(21-15-18)22-20(24)14-17-9-7-6-8-16(17)3/h6-11,15H,4-5,12-14H2,1-3H3,(H,21,22,24). The van der Waals surface area contributed by atoms with Crippen LogP contribution >= 0.6 is 0 Å². The number of amides is 1. The minimum absolute atomic E-state index is 0.0384. The number of carbonyl (C=O) groups is 1. The minimum atomic E-state index is -0.0384. The summed E-state index contributed by atoms with van der Waals surface area (Å²) in [5, 5.41) is 2.88. The Kier molecular flexibility index (Phi) is 6.79. The van der Waals surface area contributed by atoms with Crippen LogP contribution in [0.4, 0.5) is 11.5 Å². The summed E-state index contributed by atoms with van der Waals surface area (Å²) in [7, 11) is 0. The maximum atomic E-state index is 12.2. The van der Waals surface area contributed by atoms with Crippen molar-refractivity contribution in [2.45, 2.75) is 40.0 Å². The van der Waals surface area contributed by atoms with Gasteiger partial charge in [-0.15, -0.1) is 0 Å². The third-order valence-electron chi connectivity index (χ3n) is 3.98. The van der Waals surface area contributed by atoms with Crippen molar-refractivity contribution < 1.29 is 4.79 Å².